The van der Waals surface area contributed by atoms with Gasteiger partial charge >= 0.3 is 0 Å². The smallest absolute Gasteiger partial charge is 0.253 e. The summed E-state index contributed by atoms with van der Waals surface area (Å²) in [4.78, 5) is 28.8. The predicted molar refractivity (Wildman–Crippen MR) is 106 cm³/mol. The Labute approximate surface area is 164 Å². The highest BCUT2D eigenvalue weighted by molar-refractivity contribution is 6.30. The molecule has 2 amide bonds. The zero-order valence-electron chi connectivity index (χ0n) is 15.2. The molecule has 0 aliphatic heterocycles. The Morgan fingerprint density at radius 1 is 1.00 bits per heavy atom. The van der Waals surface area contributed by atoms with Crippen molar-refractivity contribution in [2.75, 3.05) is 6.54 Å². The molecule has 0 unspecified atom stereocenters. The second-order valence-corrected chi connectivity index (χ2v) is 7.34. The number of carbonyl (C=O) groups excluding carboxylic acids is 2. The van der Waals surface area contributed by atoms with Gasteiger partial charge in [-0.1, -0.05) is 43.0 Å². The van der Waals surface area contributed by atoms with E-state index in [2.05, 4.69) is 15.6 Å². The largest absolute Gasteiger partial charge is 0.352 e. The van der Waals surface area contributed by atoms with Crippen molar-refractivity contribution in [2.24, 2.45) is 0 Å². The van der Waals surface area contributed by atoms with Crippen LogP contribution in [0.3, 0.4) is 0 Å². The van der Waals surface area contributed by atoms with Gasteiger partial charge in [-0.15, -0.1) is 0 Å². The van der Waals surface area contributed by atoms with Gasteiger partial charge in [-0.25, -0.2) is 0 Å². The standard InChI is InChI=1S/C21H24ClN3O2/c22-18-8-6-15(7-9-18)10-11-24-20(26)16-12-17(14-23-13-16)21(27)25-19-4-2-1-3-5-19/h6-9,12-14,19H,1-5,10-11H2,(H,24,26)(H,25,27). The molecule has 1 aromatic heterocycles. The Morgan fingerprint density at radius 2 is 1.67 bits per heavy atom. The first-order chi connectivity index (χ1) is 13.1. The lowest BCUT2D eigenvalue weighted by atomic mass is 9.95. The Hall–Kier alpha value is -2.40. The van der Waals surface area contributed by atoms with Gasteiger partial charge in [0, 0.05) is 30.0 Å². The van der Waals surface area contributed by atoms with Gasteiger partial charge in [0.1, 0.15) is 0 Å². The van der Waals surface area contributed by atoms with Gasteiger partial charge in [0.2, 0.25) is 0 Å². The average Bonchev–Trinajstić information content (AvgIpc) is 2.70. The van der Waals surface area contributed by atoms with Crippen LogP contribution < -0.4 is 10.6 Å². The fourth-order valence-electron chi connectivity index (χ4n) is 3.28. The van der Waals surface area contributed by atoms with Crippen molar-refractivity contribution in [3.05, 3.63) is 64.4 Å². The number of amides is 2. The number of benzene rings is 1. The zero-order valence-corrected chi connectivity index (χ0v) is 16.0. The van der Waals surface area contributed by atoms with Gasteiger partial charge in [-0.3, -0.25) is 14.6 Å². The van der Waals surface area contributed by atoms with E-state index in [1.165, 1.54) is 18.8 Å². The van der Waals surface area contributed by atoms with E-state index in [1.807, 2.05) is 24.3 Å². The fraction of sp³-hybridized carbons (Fsp3) is 0.381. The molecule has 0 atom stereocenters. The van der Waals surface area contributed by atoms with Crippen molar-refractivity contribution in [3.63, 3.8) is 0 Å². The normalized spacial score (nSPS) is 14.6. The molecule has 0 spiro atoms. The summed E-state index contributed by atoms with van der Waals surface area (Å²) in [5, 5.41) is 6.61. The first-order valence-electron chi connectivity index (χ1n) is 9.40. The van der Waals surface area contributed by atoms with Crippen LogP contribution in [-0.4, -0.2) is 29.4 Å². The molecule has 1 aliphatic carbocycles. The molecular formula is C21H24ClN3O2. The van der Waals surface area contributed by atoms with Crippen molar-refractivity contribution in [2.45, 2.75) is 44.6 Å². The minimum absolute atomic E-state index is 0.162. The third kappa shape index (κ3) is 5.79. The summed E-state index contributed by atoms with van der Waals surface area (Å²) < 4.78 is 0. The molecule has 1 aromatic carbocycles. The number of hydrogen-bond acceptors (Lipinski definition) is 3. The van der Waals surface area contributed by atoms with Crippen LogP contribution in [0.15, 0.2) is 42.7 Å². The van der Waals surface area contributed by atoms with Crippen LogP contribution >= 0.6 is 11.6 Å². The predicted octanol–water partition coefficient (Wildman–Crippen LogP) is 3.77. The van der Waals surface area contributed by atoms with Crippen LogP contribution in [0.5, 0.6) is 0 Å². The number of nitrogens with one attached hydrogen (secondary N) is 2. The van der Waals surface area contributed by atoms with Crippen molar-refractivity contribution in [3.8, 4) is 0 Å². The quantitative estimate of drug-likeness (QED) is 0.795. The minimum Gasteiger partial charge on any atom is -0.352 e. The molecule has 1 fully saturated rings. The van der Waals surface area contributed by atoms with E-state index in [-0.39, 0.29) is 17.9 Å². The lowest BCUT2D eigenvalue weighted by molar-refractivity contribution is 0.0927. The van der Waals surface area contributed by atoms with E-state index in [0.29, 0.717) is 29.1 Å². The molecule has 27 heavy (non-hydrogen) atoms. The highest BCUT2D eigenvalue weighted by atomic mass is 35.5. The summed E-state index contributed by atoms with van der Waals surface area (Å²) in [6.45, 7) is 0.499. The van der Waals surface area contributed by atoms with Gasteiger partial charge in [0.15, 0.2) is 0 Å². The first-order valence-corrected chi connectivity index (χ1v) is 9.78. The number of halogens is 1. The second kappa shape index (κ2) is 9.51. The third-order valence-electron chi connectivity index (χ3n) is 4.82. The summed E-state index contributed by atoms with van der Waals surface area (Å²) in [6.07, 6.45) is 9.27. The highest BCUT2D eigenvalue weighted by Crippen LogP contribution is 2.18. The van der Waals surface area contributed by atoms with E-state index in [9.17, 15) is 9.59 Å². The van der Waals surface area contributed by atoms with Crippen LogP contribution in [0.4, 0.5) is 0 Å². The summed E-state index contributed by atoms with van der Waals surface area (Å²) in [5.74, 6) is -0.394. The van der Waals surface area contributed by atoms with Gasteiger partial charge in [0.25, 0.3) is 11.8 Å². The average molecular weight is 386 g/mol. The van der Waals surface area contributed by atoms with Gasteiger partial charge < -0.3 is 10.6 Å². The van der Waals surface area contributed by atoms with E-state index in [0.717, 1.165) is 31.2 Å². The molecule has 0 radical (unpaired) electrons. The zero-order chi connectivity index (χ0) is 19.1. The summed E-state index contributed by atoms with van der Waals surface area (Å²) in [5.41, 5.74) is 1.91. The van der Waals surface area contributed by atoms with Gasteiger partial charge in [0.05, 0.1) is 11.1 Å². The topological polar surface area (TPSA) is 71.1 Å². The Bertz CT molecular complexity index is 786. The number of hydrogen-bond donors (Lipinski definition) is 2. The molecule has 1 saturated carbocycles. The van der Waals surface area contributed by atoms with E-state index < -0.39 is 0 Å². The number of aromatic nitrogens is 1. The molecule has 2 N–H and O–H groups in total. The van der Waals surface area contributed by atoms with Crippen molar-refractivity contribution >= 4 is 23.4 Å². The molecule has 3 rings (SSSR count). The molecule has 6 heteroatoms. The van der Waals surface area contributed by atoms with Crippen LogP contribution in [0.1, 0.15) is 58.4 Å². The Morgan fingerprint density at radius 3 is 2.37 bits per heavy atom. The molecule has 2 aromatic rings. The van der Waals surface area contributed by atoms with Crippen LogP contribution in [0.25, 0.3) is 0 Å². The van der Waals surface area contributed by atoms with Crippen LogP contribution in [0, 0.1) is 0 Å². The van der Waals surface area contributed by atoms with E-state index in [1.54, 1.807) is 6.07 Å². The number of carbonyl (C=O) groups is 2. The fourth-order valence-corrected chi connectivity index (χ4v) is 3.40. The molecule has 0 saturated heterocycles. The minimum atomic E-state index is -0.233. The molecule has 142 valence electrons. The summed E-state index contributed by atoms with van der Waals surface area (Å²) in [7, 11) is 0. The first kappa shape index (κ1) is 19.4. The summed E-state index contributed by atoms with van der Waals surface area (Å²) >= 11 is 5.87. The van der Waals surface area contributed by atoms with Crippen molar-refractivity contribution in [1.82, 2.24) is 15.6 Å². The van der Waals surface area contributed by atoms with Gasteiger partial charge in [-0.05, 0) is 43.0 Å². The van der Waals surface area contributed by atoms with Crippen molar-refractivity contribution in [1.29, 1.82) is 0 Å². The maximum Gasteiger partial charge on any atom is 0.253 e. The maximum absolute atomic E-state index is 12.4. The Balaban J connectivity index is 1.53. The molecule has 1 heterocycles. The number of nitrogens with zero attached hydrogens (tertiary/aromatic N) is 1. The van der Waals surface area contributed by atoms with E-state index >= 15 is 0 Å². The molecule has 5 nitrogen and oxygen atoms in total. The number of pyridine rings is 1. The lowest BCUT2D eigenvalue weighted by Crippen LogP contribution is -2.36. The van der Waals surface area contributed by atoms with Crippen LogP contribution in [0.2, 0.25) is 5.02 Å². The van der Waals surface area contributed by atoms with Crippen molar-refractivity contribution < 1.29 is 9.59 Å². The molecule has 0 bridgehead atoms. The SMILES string of the molecule is O=C(NCCc1ccc(Cl)cc1)c1cncc(C(=O)NC2CCCCC2)c1. The third-order valence-corrected chi connectivity index (χ3v) is 5.07. The van der Waals surface area contributed by atoms with Gasteiger partial charge in [-0.2, -0.15) is 0 Å². The Kier molecular flexibility index (Phi) is 6.82. The second-order valence-electron chi connectivity index (χ2n) is 6.90. The maximum atomic E-state index is 12.4. The number of rotatable bonds is 6. The van der Waals surface area contributed by atoms with E-state index in [4.69, 9.17) is 11.6 Å². The highest BCUT2D eigenvalue weighted by Gasteiger charge is 2.17. The molecular weight excluding hydrogens is 362 g/mol. The summed E-state index contributed by atoms with van der Waals surface area (Å²) in [6, 6.07) is 9.36. The monoisotopic (exact) mass is 385 g/mol. The lowest BCUT2D eigenvalue weighted by Gasteiger charge is -2.22. The van der Waals surface area contributed by atoms with Crippen LogP contribution in [-0.2, 0) is 6.42 Å². The molecule has 1 aliphatic rings.